The molecule has 2 N–H and O–H groups in total. The van der Waals surface area contributed by atoms with Gasteiger partial charge in [0.1, 0.15) is 24.4 Å². The zero-order valence-electron chi connectivity index (χ0n) is 15.5. The fraction of sp³-hybridized carbons (Fsp3) is 0.143. The Bertz CT molecular complexity index is 1240. The molecular formula is C21H15ClF2N6. The molecule has 1 aromatic heterocycles. The smallest absolute Gasteiger partial charge is 0.161 e. The number of pyridine rings is 1. The van der Waals surface area contributed by atoms with Gasteiger partial charge in [-0.15, -0.1) is 0 Å². The fourth-order valence-electron chi connectivity index (χ4n) is 3.55. The molecule has 150 valence electrons. The van der Waals surface area contributed by atoms with E-state index in [2.05, 4.69) is 30.6 Å². The molecule has 3 aromatic rings. The lowest BCUT2D eigenvalue weighted by Gasteiger charge is -2.24. The molecule has 0 saturated carbocycles. The van der Waals surface area contributed by atoms with Crippen LogP contribution in [-0.4, -0.2) is 35.7 Å². The summed E-state index contributed by atoms with van der Waals surface area (Å²) in [7, 11) is 0. The number of nitrogens with one attached hydrogen (secondary N) is 2. The lowest BCUT2D eigenvalue weighted by molar-refractivity contribution is 0.496. The summed E-state index contributed by atoms with van der Waals surface area (Å²) in [4.78, 5) is 17.5. The largest absolute Gasteiger partial charge is 0.333 e. The summed E-state index contributed by atoms with van der Waals surface area (Å²) in [5, 5.41) is 7.34. The quantitative estimate of drug-likeness (QED) is 0.670. The third kappa shape index (κ3) is 3.34. The van der Waals surface area contributed by atoms with E-state index >= 15 is 0 Å². The molecule has 2 aliphatic rings. The SMILES string of the molecule is Fc1cc2cc(CNC3N=CNC4=NC=NC43)c(-c3ccccc3Cl)nc2cc1F. The number of benzene rings is 2. The summed E-state index contributed by atoms with van der Waals surface area (Å²) in [6.07, 6.45) is 2.76. The maximum absolute atomic E-state index is 13.8. The maximum atomic E-state index is 13.8. The zero-order valence-corrected chi connectivity index (χ0v) is 16.2. The Morgan fingerprint density at radius 1 is 1.07 bits per heavy atom. The van der Waals surface area contributed by atoms with Crippen molar-refractivity contribution in [2.75, 3.05) is 0 Å². The Morgan fingerprint density at radius 3 is 2.77 bits per heavy atom. The number of aromatic nitrogens is 1. The molecule has 30 heavy (non-hydrogen) atoms. The van der Waals surface area contributed by atoms with Crippen LogP contribution in [0.3, 0.4) is 0 Å². The van der Waals surface area contributed by atoms with Crippen LogP contribution in [0.15, 0.2) is 57.4 Å². The van der Waals surface area contributed by atoms with E-state index in [9.17, 15) is 8.78 Å². The van der Waals surface area contributed by atoms with Gasteiger partial charge >= 0.3 is 0 Å². The van der Waals surface area contributed by atoms with Crippen molar-refractivity contribution in [3.63, 3.8) is 0 Å². The number of halogens is 3. The summed E-state index contributed by atoms with van der Waals surface area (Å²) in [5.74, 6) is -1.14. The normalized spacial score (nSPS) is 19.6. The summed E-state index contributed by atoms with van der Waals surface area (Å²) in [6.45, 7) is 0.365. The van der Waals surface area contributed by atoms with Crippen LogP contribution in [0.25, 0.3) is 22.2 Å². The maximum Gasteiger partial charge on any atom is 0.161 e. The van der Waals surface area contributed by atoms with Crippen LogP contribution in [0.4, 0.5) is 8.78 Å². The van der Waals surface area contributed by atoms with Crippen LogP contribution >= 0.6 is 11.6 Å². The second kappa shape index (κ2) is 7.55. The predicted molar refractivity (Wildman–Crippen MR) is 114 cm³/mol. The predicted octanol–water partition coefficient (Wildman–Crippen LogP) is 3.69. The van der Waals surface area contributed by atoms with E-state index in [0.29, 0.717) is 33.7 Å². The number of rotatable bonds is 4. The Labute approximate surface area is 175 Å². The highest BCUT2D eigenvalue weighted by molar-refractivity contribution is 6.33. The Hall–Kier alpha value is -3.23. The lowest BCUT2D eigenvalue weighted by atomic mass is 10.0. The molecule has 0 bridgehead atoms. The van der Waals surface area contributed by atoms with Gasteiger partial charge in [-0.1, -0.05) is 29.8 Å². The van der Waals surface area contributed by atoms with Gasteiger partial charge in [-0.2, -0.15) is 0 Å². The lowest BCUT2D eigenvalue weighted by Crippen LogP contribution is -2.49. The average Bonchev–Trinajstić information content (AvgIpc) is 3.23. The Balaban J connectivity index is 1.56. The number of amidine groups is 1. The van der Waals surface area contributed by atoms with E-state index in [1.54, 1.807) is 18.5 Å². The molecule has 0 amide bonds. The topological polar surface area (TPSA) is 74.0 Å². The number of nitrogens with zero attached hydrogens (tertiary/aromatic N) is 4. The first-order valence-corrected chi connectivity index (χ1v) is 9.62. The first kappa shape index (κ1) is 18.8. The van der Waals surface area contributed by atoms with Gasteiger partial charge in [-0.25, -0.2) is 18.8 Å². The molecule has 0 fully saturated rings. The van der Waals surface area contributed by atoms with E-state index in [0.717, 1.165) is 23.5 Å². The van der Waals surface area contributed by atoms with Gasteiger partial charge in [0.05, 0.1) is 17.5 Å². The third-order valence-corrected chi connectivity index (χ3v) is 5.35. The van der Waals surface area contributed by atoms with Crippen molar-refractivity contribution in [2.24, 2.45) is 15.0 Å². The van der Waals surface area contributed by atoms with Crippen molar-refractivity contribution in [1.29, 1.82) is 0 Å². The molecule has 2 unspecified atom stereocenters. The Morgan fingerprint density at radius 2 is 1.90 bits per heavy atom. The van der Waals surface area contributed by atoms with Gasteiger partial charge in [-0.05, 0) is 23.8 Å². The van der Waals surface area contributed by atoms with Crippen LogP contribution in [0.1, 0.15) is 5.56 Å². The van der Waals surface area contributed by atoms with Gasteiger partial charge in [0.25, 0.3) is 0 Å². The average molecular weight is 425 g/mol. The zero-order chi connectivity index (χ0) is 20.7. The van der Waals surface area contributed by atoms with E-state index in [4.69, 9.17) is 11.6 Å². The Kier molecular flexibility index (Phi) is 4.72. The first-order valence-electron chi connectivity index (χ1n) is 9.24. The molecule has 3 heterocycles. The molecule has 6 nitrogen and oxygen atoms in total. The fourth-order valence-corrected chi connectivity index (χ4v) is 3.77. The molecule has 0 aliphatic carbocycles. The van der Waals surface area contributed by atoms with E-state index < -0.39 is 11.6 Å². The number of fused-ring (bicyclic) bond motifs is 2. The van der Waals surface area contributed by atoms with E-state index in [-0.39, 0.29) is 12.2 Å². The molecule has 0 spiro atoms. The minimum absolute atomic E-state index is 0.237. The number of hydrogen-bond acceptors (Lipinski definition) is 6. The van der Waals surface area contributed by atoms with Crippen molar-refractivity contribution < 1.29 is 8.78 Å². The van der Waals surface area contributed by atoms with Crippen LogP contribution in [0.2, 0.25) is 5.02 Å². The number of aliphatic imine (C=N–C) groups is 3. The minimum Gasteiger partial charge on any atom is -0.333 e. The van der Waals surface area contributed by atoms with Crippen molar-refractivity contribution in [3.05, 3.63) is 64.7 Å². The van der Waals surface area contributed by atoms with Gasteiger partial charge in [0.15, 0.2) is 11.6 Å². The van der Waals surface area contributed by atoms with E-state index in [1.807, 2.05) is 18.2 Å². The van der Waals surface area contributed by atoms with E-state index in [1.165, 1.54) is 6.34 Å². The summed E-state index contributed by atoms with van der Waals surface area (Å²) in [5.41, 5.74) is 2.42. The minimum atomic E-state index is -0.944. The molecule has 9 heteroatoms. The highest BCUT2D eigenvalue weighted by Gasteiger charge is 2.30. The van der Waals surface area contributed by atoms with Gasteiger partial charge in [-0.3, -0.25) is 15.3 Å². The van der Waals surface area contributed by atoms with Crippen LogP contribution in [-0.2, 0) is 6.54 Å². The van der Waals surface area contributed by atoms with Crippen LogP contribution in [0.5, 0.6) is 0 Å². The molecule has 0 radical (unpaired) electrons. The second-order valence-electron chi connectivity index (χ2n) is 6.91. The monoisotopic (exact) mass is 424 g/mol. The summed E-state index contributed by atoms with van der Waals surface area (Å²) < 4.78 is 27.6. The highest BCUT2D eigenvalue weighted by Crippen LogP contribution is 2.32. The molecule has 0 saturated heterocycles. The second-order valence-corrected chi connectivity index (χ2v) is 7.31. The highest BCUT2D eigenvalue weighted by atomic mass is 35.5. The summed E-state index contributed by atoms with van der Waals surface area (Å²) in [6, 6.07) is 11.1. The van der Waals surface area contributed by atoms with Crippen LogP contribution < -0.4 is 10.6 Å². The molecular weight excluding hydrogens is 410 g/mol. The third-order valence-electron chi connectivity index (χ3n) is 5.02. The molecule has 2 aliphatic heterocycles. The van der Waals surface area contributed by atoms with Crippen molar-refractivity contribution in [1.82, 2.24) is 15.6 Å². The molecule has 5 rings (SSSR count). The standard InChI is InChI=1S/C21H15ClF2N6/c22-14-4-2-1-3-13(14)18-12(5-11-6-15(23)16(24)7-17(11)30-18)8-25-20-19-21(27-9-26-19)29-10-28-20/h1-7,9-10,19-20,25H,8H2,(H,26,27,28,29). The van der Waals surface area contributed by atoms with Gasteiger partial charge in [0, 0.05) is 28.6 Å². The molecule has 2 atom stereocenters. The molecule has 2 aromatic carbocycles. The van der Waals surface area contributed by atoms with Crippen molar-refractivity contribution >= 4 is 41.0 Å². The van der Waals surface area contributed by atoms with Crippen molar-refractivity contribution in [2.45, 2.75) is 18.8 Å². The van der Waals surface area contributed by atoms with Crippen LogP contribution in [0, 0.1) is 11.6 Å². The summed E-state index contributed by atoms with van der Waals surface area (Å²) >= 11 is 6.40. The van der Waals surface area contributed by atoms with Gasteiger partial charge < -0.3 is 5.32 Å². The first-order chi connectivity index (χ1) is 14.6. The van der Waals surface area contributed by atoms with Crippen molar-refractivity contribution in [3.8, 4) is 11.3 Å². The van der Waals surface area contributed by atoms with Gasteiger partial charge in [0.2, 0.25) is 0 Å². The number of hydrogen-bond donors (Lipinski definition) is 2.